The van der Waals surface area contributed by atoms with Crippen LogP contribution in [0.25, 0.3) is 0 Å². The first-order chi connectivity index (χ1) is 5.16. The van der Waals surface area contributed by atoms with Crippen LogP contribution in [-0.4, -0.2) is 15.2 Å². The minimum absolute atomic E-state index is 0.205. The van der Waals surface area contributed by atoms with Crippen LogP contribution < -0.4 is 4.43 Å². The standard InChI is InChI=1S/C6H2BrCl2.CH3.Al/c7-5-3-4(8)1-2-6(5)9;;/h1-2H;1H3;. The molecule has 0 N–H and O–H groups in total. The van der Waals surface area contributed by atoms with Crippen LogP contribution in [0.15, 0.2) is 16.6 Å². The van der Waals surface area contributed by atoms with E-state index in [1.54, 1.807) is 6.07 Å². The van der Waals surface area contributed by atoms with Gasteiger partial charge in [0.25, 0.3) is 15.2 Å². The molecule has 0 saturated heterocycles. The van der Waals surface area contributed by atoms with Crippen molar-refractivity contribution in [1.82, 2.24) is 0 Å². The quantitative estimate of drug-likeness (QED) is 0.541. The van der Waals surface area contributed by atoms with Gasteiger partial charge < -0.3 is 0 Å². The van der Waals surface area contributed by atoms with Gasteiger partial charge in [0.15, 0.2) is 0 Å². The average Bonchev–Trinajstić information content (AvgIpc) is 1.99. The Balaban J connectivity index is 3.29. The zero-order valence-corrected chi connectivity index (χ0v) is 10.1. The van der Waals surface area contributed by atoms with Crippen LogP contribution in [0.3, 0.4) is 0 Å². The third kappa shape index (κ3) is 2.14. The van der Waals surface area contributed by atoms with Crippen LogP contribution in [0, 0.1) is 0 Å². The molecule has 0 saturated carbocycles. The molecule has 0 atom stereocenters. The topological polar surface area (TPSA) is 0 Å². The van der Waals surface area contributed by atoms with Gasteiger partial charge in [0, 0.05) is 9.50 Å². The smallest absolute Gasteiger partial charge is 0.110 e. The summed E-state index contributed by atoms with van der Waals surface area (Å²) >= 11 is 15.4. The van der Waals surface area contributed by atoms with Gasteiger partial charge >= 0.3 is 0 Å². The van der Waals surface area contributed by atoms with E-state index in [2.05, 4.69) is 21.7 Å². The van der Waals surface area contributed by atoms with Crippen LogP contribution >= 0.6 is 39.1 Å². The van der Waals surface area contributed by atoms with Crippen molar-refractivity contribution in [3.63, 3.8) is 0 Å². The Morgan fingerprint density at radius 1 is 1.27 bits per heavy atom. The van der Waals surface area contributed by atoms with Gasteiger partial charge in [0.05, 0.1) is 5.02 Å². The van der Waals surface area contributed by atoms with Gasteiger partial charge in [-0.25, -0.2) is 0 Å². The van der Waals surface area contributed by atoms with Crippen molar-refractivity contribution in [2.45, 2.75) is 5.79 Å². The maximum Gasteiger partial charge on any atom is 0.251 e. The minimum Gasteiger partial charge on any atom is -0.110 e. The van der Waals surface area contributed by atoms with Crippen molar-refractivity contribution in [2.24, 2.45) is 0 Å². The molecule has 4 heteroatoms. The summed E-state index contributed by atoms with van der Waals surface area (Å²) in [5.74, 6) is 2.13. The molecule has 0 heterocycles. The first-order valence-electron chi connectivity index (χ1n) is 3.09. The highest BCUT2D eigenvalue weighted by molar-refractivity contribution is 9.10. The van der Waals surface area contributed by atoms with Crippen molar-refractivity contribution in [3.05, 3.63) is 26.7 Å². The maximum atomic E-state index is 5.93. The van der Waals surface area contributed by atoms with E-state index in [1.165, 1.54) is 0 Å². The average molecular weight is 267 g/mol. The van der Waals surface area contributed by atoms with Gasteiger partial charge in [-0.1, -0.05) is 43.6 Å². The lowest BCUT2D eigenvalue weighted by atomic mass is 10.4. The molecule has 1 rings (SSSR count). The molecule has 0 fully saturated rings. The Bertz CT molecular complexity index is 275. The molecule has 0 aliphatic heterocycles. The Labute approximate surface area is 90.7 Å². The summed E-state index contributed by atoms with van der Waals surface area (Å²) in [5, 5.41) is 1.54. The Kier molecular flexibility index (Phi) is 3.75. The lowest BCUT2D eigenvalue weighted by molar-refractivity contribution is 1.70. The van der Waals surface area contributed by atoms with Gasteiger partial charge in [-0.05, 0) is 12.1 Å². The second-order valence-electron chi connectivity index (χ2n) is 2.05. The molecule has 0 aromatic heterocycles. The van der Waals surface area contributed by atoms with E-state index in [0.717, 1.165) is 18.9 Å². The van der Waals surface area contributed by atoms with Crippen LogP contribution in [-0.2, 0) is 0 Å². The molecule has 0 spiro atoms. The number of halogens is 3. The van der Waals surface area contributed by atoms with Crippen molar-refractivity contribution >= 4 is 58.8 Å². The molecule has 0 nitrogen and oxygen atoms in total. The predicted molar refractivity (Wildman–Crippen MR) is 55.4 cm³/mol. The molecule has 11 heavy (non-hydrogen) atoms. The lowest BCUT2D eigenvalue weighted by Crippen LogP contribution is -2.13. The first kappa shape index (κ1) is 9.90. The molecular weight excluding hydrogens is 262 g/mol. The first-order valence-corrected chi connectivity index (χ1v) is 6.37. The van der Waals surface area contributed by atoms with Gasteiger partial charge in [0.2, 0.25) is 0 Å². The fourth-order valence-electron chi connectivity index (χ4n) is 0.807. The van der Waals surface area contributed by atoms with E-state index in [-0.39, 0.29) is 15.2 Å². The van der Waals surface area contributed by atoms with Crippen molar-refractivity contribution in [3.8, 4) is 0 Å². The number of benzene rings is 1. The fourth-order valence-corrected chi connectivity index (χ4v) is 3.48. The van der Waals surface area contributed by atoms with Crippen LogP contribution in [0.5, 0.6) is 0 Å². The van der Waals surface area contributed by atoms with Gasteiger partial charge in [-0.2, -0.15) is 0 Å². The zero-order chi connectivity index (χ0) is 8.43. The fraction of sp³-hybridized carbons (Fsp3) is 0.143. The molecule has 0 amide bonds. The van der Waals surface area contributed by atoms with Crippen LogP contribution in [0.4, 0.5) is 0 Å². The van der Waals surface area contributed by atoms with E-state index in [1.807, 2.05) is 6.07 Å². The van der Waals surface area contributed by atoms with E-state index in [0.29, 0.717) is 0 Å². The molecule has 0 aliphatic rings. The van der Waals surface area contributed by atoms with Gasteiger partial charge in [0.1, 0.15) is 0 Å². The Morgan fingerprint density at radius 2 is 1.82 bits per heavy atom. The summed E-state index contributed by atoms with van der Waals surface area (Å²) in [6.45, 7) is 0. The molecule has 0 unspecified atom stereocenters. The predicted octanol–water partition coefficient (Wildman–Crippen LogP) is 3.13. The molecule has 1 aromatic rings. The van der Waals surface area contributed by atoms with E-state index in [4.69, 9.17) is 23.2 Å². The maximum absolute atomic E-state index is 5.93. The highest BCUT2D eigenvalue weighted by Crippen LogP contribution is 2.23. The third-order valence-corrected chi connectivity index (χ3v) is 4.88. The molecule has 1 aromatic carbocycles. The minimum atomic E-state index is 0.205. The van der Waals surface area contributed by atoms with Gasteiger partial charge in [-0.15, -0.1) is 5.79 Å². The summed E-state index contributed by atoms with van der Waals surface area (Å²) in [7, 11) is 0. The summed E-state index contributed by atoms with van der Waals surface area (Å²) < 4.78 is 2.10. The van der Waals surface area contributed by atoms with Crippen molar-refractivity contribution in [2.75, 3.05) is 0 Å². The van der Waals surface area contributed by atoms with E-state index < -0.39 is 0 Å². The highest BCUT2D eigenvalue weighted by atomic mass is 79.9. The van der Waals surface area contributed by atoms with Crippen molar-refractivity contribution < 1.29 is 0 Å². The molecule has 0 aliphatic carbocycles. The second kappa shape index (κ2) is 4.16. The third-order valence-electron chi connectivity index (χ3n) is 1.37. The van der Waals surface area contributed by atoms with Crippen LogP contribution in [0.2, 0.25) is 15.8 Å². The normalized spacial score (nSPS) is 9.82. The van der Waals surface area contributed by atoms with Crippen molar-refractivity contribution in [1.29, 1.82) is 0 Å². The lowest BCUT2D eigenvalue weighted by Gasteiger charge is -2.04. The molecule has 1 radical (unpaired) electrons. The largest absolute Gasteiger partial charge is 0.251 e. The van der Waals surface area contributed by atoms with Crippen LogP contribution in [0.1, 0.15) is 0 Å². The number of hydrogen-bond acceptors (Lipinski definition) is 0. The number of hydrogen-bond donors (Lipinski definition) is 0. The monoisotopic (exact) mass is 265 g/mol. The second-order valence-corrected chi connectivity index (χ2v) is 4.81. The Morgan fingerprint density at radius 3 is 2.27 bits per heavy atom. The summed E-state index contributed by atoms with van der Waals surface area (Å²) in [5.41, 5.74) is 0. The summed E-state index contributed by atoms with van der Waals surface area (Å²) in [4.78, 5) is 0. The summed E-state index contributed by atoms with van der Waals surface area (Å²) in [6, 6.07) is 3.63. The molecular formula is C7H5AlBrCl2. The molecule has 57 valence electrons. The highest BCUT2D eigenvalue weighted by Gasteiger charge is 2.06. The Hall–Kier alpha value is 0.812. The zero-order valence-electron chi connectivity index (χ0n) is 5.87. The SMILES string of the molecule is [CH3][Al][c]1c(Cl)ccc(Cl)c1Br. The van der Waals surface area contributed by atoms with E-state index in [9.17, 15) is 0 Å². The summed E-state index contributed by atoms with van der Waals surface area (Å²) in [6.07, 6.45) is 0. The molecule has 0 bridgehead atoms. The van der Waals surface area contributed by atoms with E-state index >= 15 is 0 Å². The number of rotatable bonds is 1. The van der Waals surface area contributed by atoms with Gasteiger partial charge in [-0.3, -0.25) is 0 Å².